The molecule has 1 saturated carbocycles. The molecule has 1 aromatic heterocycles. The van der Waals surface area contributed by atoms with Gasteiger partial charge in [-0.3, -0.25) is 4.79 Å². The van der Waals surface area contributed by atoms with Gasteiger partial charge in [0.05, 0.1) is 11.8 Å². The summed E-state index contributed by atoms with van der Waals surface area (Å²) in [6.45, 7) is 0. The Morgan fingerprint density at radius 1 is 1.56 bits per heavy atom. The van der Waals surface area contributed by atoms with Crippen LogP contribution in [0.1, 0.15) is 29.6 Å². The van der Waals surface area contributed by atoms with Crippen molar-refractivity contribution in [1.29, 1.82) is 0 Å². The summed E-state index contributed by atoms with van der Waals surface area (Å²) < 4.78 is 5.55. The molecule has 0 bridgehead atoms. The molecule has 2 unspecified atom stereocenters. The summed E-state index contributed by atoms with van der Waals surface area (Å²) in [6, 6.07) is 1.96. The van der Waals surface area contributed by atoms with Crippen molar-refractivity contribution < 1.29 is 9.21 Å². The lowest BCUT2D eigenvalue weighted by Crippen LogP contribution is -2.37. The predicted molar refractivity (Wildman–Crippen MR) is 68.8 cm³/mol. The van der Waals surface area contributed by atoms with Crippen LogP contribution in [0.15, 0.2) is 21.4 Å². The van der Waals surface area contributed by atoms with Crippen molar-refractivity contribution in [2.45, 2.75) is 25.3 Å². The van der Waals surface area contributed by atoms with Crippen molar-refractivity contribution in [3.8, 4) is 0 Å². The summed E-state index contributed by atoms with van der Waals surface area (Å²) in [5, 5.41) is 4.01. The Bertz CT molecular complexity index is 378. The van der Waals surface area contributed by atoms with Crippen LogP contribution < -0.4 is 5.32 Å². The van der Waals surface area contributed by atoms with E-state index in [4.69, 9.17) is 4.42 Å². The molecule has 1 aliphatic rings. The number of nitrogens with one attached hydrogen (secondary N) is 1. The molecule has 0 spiro atoms. The molecule has 1 N–H and O–H groups in total. The summed E-state index contributed by atoms with van der Waals surface area (Å²) >= 11 is 6.70. The molecule has 5 heteroatoms. The third-order valence-electron chi connectivity index (χ3n) is 3.04. The van der Waals surface area contributed by atoms with Crippen molar-refractivity contribution in [2.24, 2.45) is 5.92 Å². The molecule has 1 aliphatic carbocycles. The highest BCUT2D eigenvalue weighted by molar-refractivity contribution is 9.10. The van der Waals surface area contributed by atoms with Crippen LogP contribution in [0.25, 0.3) is 0 Å². The predicted octanol–water partition coefficient (Wildman–Crippen LogP) is 3.34. The van der Waals surface area contributed by atoms with E-state index in [1.807, 2.05) is 0 Å². The van der Waals surface area contributed by atoms with Gasteiger partial charge >= 0.3 is 0 Å². The van der Waals surface area contributed by atoms with E-state index in [-0.39, 0.29) is 11.9 Å². The fourth-order valence-corrected chi connectivity index (χ4v) is 3.31. The molecule has 1 aromatic rings. The van der Waals surface area contributed by atoms with E-state index in [2.05, 4.69) is 37.2 Å². The quantitative estimate of drug-likeness (QED) is 0.849. The first-order chi connectivity index (χ1) is 7.72. The lowest BCUT2D eigenvalue weighted by molar-refractivity contribution is 0.0928. The number of alkyl halides is 1. The fourth-order valence-electron chi connectivity index (χ4n) is 2.11. The molecule has 1 amide bonds. The SMILES string of the molecule is O=C(NC1CCCC1CBr)c1ccoc1Br. The van der Waals surface area contributed by atoms with Gasteiger partial charge < -0.3 is 9.73 Å². The largest absolute Gasteiger partial charge is 0.457 e. The zero-order chi connectivity index (χ0) is 11.5. The second-order valence-corrected chi connectivity index (χ2v) is 5.40. The fraction of sp³-hybridized carbons (Fsp3) is 0.545. The number of carbonyl (C=O) groups excluding carboxylic acids is 1. The van der Waals surface area contributed by atoms with Crippen LogP contribution in [0.2, 0.25) is 0 Å². The van der Waals surface area contributed by atoms with Gasteiger partial charge in [0.1, 0.15) is 0 Å². The summed E-state index contributed by atoms with van der Waals surface area (Å²) in [6.07, 6.45) is 4.95. The van der Waals surface area contributed by atoms with Crippen LogP contribution >= 0.6 is 31.9 Å². The van der Waals surface area contributed by atoms with Crippen LogP contribution in [-0.4, -0.2) is 17.3 Å². The smallest absolute Gasteiger partial charge is 0.255 e. The Morgan fingerprint density at radius 3 is 3.00 bits per heavy atom. The van der Waals surface area contributed by atoms with Crippen LogP contribution in [0, 0.1) is 5.92 Å². The van der Waals surface area contributed by atoms with E-state index in [0.717, 1.165) is 11.8 Å². The lowest BCUT2D eigenvalue weighted by atomic mass is 10.1. The highest BCUT2D eigenvalue weighted by atomic mass is 79.9. The number of hydrogen-bond donors (Lipinski definition) is 1. The summed E-state index contributed by atoms with van der Waals surface area (Å²) in [5.41, 5.74) is 0.570. The average Bonchev–Trinajstić information content (AvgIpc) is 2.86. The second-order valence-electron chi connectivity index (χ2n) is 4.03. The van der Waals surface area contributed by atoms with Crippen molar-refractivity contribution in [1.82, 2.24) is 5.32 Å². The second kappa shape index (κ2) is 5.36. The summed E-state index contributed by atoms with van der Waals surface area (Å²) in [5.74, 6) is 0.494. The van der Waals surface area contributed by atoms with Crippen molar-refractivity contribution >= 4 is 37.8 Å². The molecule has 16 heavy (non-hydrogen) atoms. The van der Waals surface area contributed by atoms with Gasteiger partial charge in [0.2, 0.25) is 0 Å². The van der Waals surface area contributed by atoms with Gasteiger partial charge in [0.25, 0.3) is 5.91 Å². The molecular weight excluding hydrogens is 338 g/mol. The number of furan rings is 1. The molecule has 0 aromatic carbocycles. The van der Waals surface area contributed by atoms with Gasteiger partial charge in [-0.25, -0.2) is 0 Å². The maximum absolute atomic E-state index is 11.9. The van der Waals surface area contributed by atoms with Gasteiger partial charge in [-0.15, -0.1) is 0 Å². The number of halogens is 2. The first-order valence-corrected chi connectivity index (χ1v) is 7.23. The minimum Gasteiger partial charge on any atom is -0.457 e. The molecule has 3 nitrogen and oxygen atoms in total. The Hall–Kier alpha value is -0.290. The van der Waals surface area contributed by atoms with Gasteiger partial charge in [-0.1, -0.05) is 22.4 Å². The summed E-state index contributed by atoms with van der Waals surface area (Å²) in [4.78, 5) is 11.9. The molecule has 0 radical (unpaired) electrons. The average molecular weight is 351 g/mol. The van der Waals surface area contributed by atoms with E-state index in [0.29, 0.717) is 16.2 Å². The summed E-state index contributed by atoms with van der Waals surface area (Å²) in [7, 11) is 0. The normalized spacial score (nSPS) is 24.6. The van der Waals surface area contributed by atoms with Gasteiger partial charge in [-0.2, -0.15) is 0 Å². The van der Waals surface area contributed by atoms with Crippen molar-refractivity contribution in [3.05, 3.63) is 22.6 Å². The Balaban J connectivity index is 2.00. The number of carbonyl (C=O) groups is 1. The molecule has 88 valence electrons. The van der Waals surface area contributed by atoms with Crippen LogP contribution in [0.4, 0.5) is 0 Å². The van der Waals surface area contributed by atoms with Crippen molar-refractivity contribution in [3.63, 3.8) is 0 Å². The Morgan fingerprint density at radius 2 is 2.38 bits per heavy atom. The molecular formula is C11H13Br2NO2. The molecule has 2 atom stereocenters. The van der Waals surface area contributed by atoms with E-state index < -0.39 is 0 Å². The van der Waals surface area contributed by atoms with Crippen molar-refractivity contribution in [2.75, 3.05) is 5.33 Å². The molecule has 0 saturated heterocycles. The number of amides is 1. The van der Waals surface area contributed by atoms with E-state index >= 15 is 0 Å². The van der Waals surface area contributed by atoms with E-state index in [1.165, 1.54) is 19.1 Å². The molecule has 1 heterocycles. The standard InChI is InChI=1S/C11H13Br2NO2/c12-6-7-2-1-3-9(7)14-11(15)8-4-5-16-10(8)13/h4-5,7,9H,1-3,6H2,(H,14,15). The number of rotatable bonds is 3. The third-order valence-corrected chi connectivity index (χ3v) is 4.48. The Kier molecular flexibility index (Phi) is 4.08. The first-order valence-electron chi connectivity index (χ1n) is 5.32. The topological polar surface area (TPSA) is 42.2 Å². The van der Waals surface area contributed by atoms with Crippen LogP contribution in [0.3, 0.4) is 0 Å². The zero-order valence-electron chi connectivity index (χ0n) is 8.71. The maximum Gasteiger partial charge on any atom is 0.255 e. The van der Waals surface area contributed by atoms with E-state index in [1.54, 1.807) is 6.07 Å². The van der Waals surface area contributed by atoms with Crippen LogP contribution in [0.5, 0.6) is 0 Å². The van der Waals surface area contributed by atoms with Gasteiger partial charge in [0.15, 0.2) is 4.67 Å². The monoisotopic (exact) mass is 349 g/mol. The highest BCUT2D eigenvalue weighted by Gasteiger charge is 2.28. The maximum atomic E-state index is 11.9. The highest BCUT2D eigenvalue weighted by Crippen LogP contribution is 2.28. The van der Waals surface area contributed by atoms with Gasteiger partial charge in [-0.05, 0) is 40.8 Å². The Labute approximate surface area is 111 Å². The molecule has 2 rings (SSSR count). The van der Waals surface area contributed by atoms with Crippen LogP contribution in [-0.2, 0) is 0 Å². The lowest BCUT2D eigenvalue weighted by Gasteiger charge is -2.18. The number of hydrogen-bond acceptors (Lipinski definition) is 2. The van der Waals surface area contributed by atoms with E-state index in [9.17, 15) is 4.79 Å². The third kappa shape index (κ3) is 2.51. The molecule has 0 aliphatic heterocycles. The minimum absolute atomic E-state index is 0.0570. The zero-order valence-corrected chi connectivity index (χ0v) is 11.9. The first kappa shape index (κ1) is 12.2. The van der Waals surface area contributed by atoms with Gasteiger partial charge in [0, 0.05) is 11.4 Å². The minimum atomic E-state index is -0.0570. The molecule has 1 fully saturated rings.